The predicted molar refractivity (Wildman–Crippen MR) is 103 cm³/mol. The van der Waals surface area contributed by atoms with E-state index in [0.717, 1.165) is 4.31 Å². The lowest BCUT2D eigenvalue weighted by atomic mass is 10.3. The number of sulfonamides is 1. The van der Waals surface area contributed by atoms with Gasteiger partial charge in [0.1, 0.15) is 10.9 Å². The van der Waals surface area contributed by atoms with Crippen molar-refractivity contribution in [1.29, 1.82) is 0 Å². The fourth-order valence-electron chi connectivity index (χ4n) is 2.11. The van der Waals surface area contributed by atoms with E-state index in [-0.39, 0.29) is 30.7 Å². The Kier molecular flexibility index (Phi) is 6.52. The lowest BCUT2D eigenvalue weighted by Gasteiger charge is -2.29. The summed E-state index contributed by atoms with van der Waals surface area (Å²) in [4.78, 5) is 11.4. The van der Waals surface area contributed by atoms with Crippen LogP contribution in [0.1, 0.15) is 6.92 Å². The van der Waals surface area contributed by atoms with Crippen molar-refractivity contribution in [3.8, 4) is 0 Å². The first-order chi connectivity index (χ1) is 11.5. The molecule has 0 spiro atoms. The van der Waals surface area contributed by atoms with E-state index in [1.807, 2.05) is 0 Å². The third-order valence-electron chi connectivity index (χ3n) is 3.21. The first-order valence-electron chi connectivity index (χ1n) is 6.69. The number of benzene rings is 2. The van der Waals surface area contributed by atoms with Crippen LogP contribution in [0.2, 0.25) is 20.1 Å². The van der Waals surface area contributed by atoms with Crippen LogP contribution in [0.5, 0.6) is 0 Å². The number of carbonyl (C=O) groups is 1. The standard InChI is InChI=1S/C15H10Cl5NO3S/c1-8(15(20)22)21(12-5-10(17)4-11(18)6-12)25(23,24)14-7-9(16)2-3-13(14)19/h2-8H,1H3. The molecule has 0 N–H and O–H groups in total. The Balaban J connectivity index is 2.74. The smallest absolute Gasteiger partial charge is 0.266 e. The monoisotopic (exact) mass is 459 g/mol. The van der Waals surface area contributed by atoms with Crippen LogP contribution in [0, 0.1) is 0 Å². The number of carbonyl (C=O) groups excluding carboxylic acids is 1. The number of halogens is 5. The maximum absolute atomic E-state index is 13.2. The van der Waals surface area contributed by atoms with Gasteiger partial charge in [0.15, 0.2) is 0 Å². The second kappa shape index (κ2) is 7.91. The molecule has 1 atom stereocenters. The highest BCUT2D eigenvalue weighted by Crippen LogP contribution is 2.35. The van der Waals surface area contributed by atoms with Crippen molar-refractivity contribution in [2.45, 2.75) is 17.9 Å². The fourth-order valence-corrected chi connectivity index (χ4v) is 5.12. The van der Waals surface area contributed by atoms with Crippen LogP contribution in [0.3, 0.4) is 0 Å². The van der Waals surface area contributed by atoms with Crippen LogP contribution in [-0.4, -0.2) is 19.7 Å². The van der Waals surface area contributed by atoms with Crippen molar-refractivity contribution in [2.24, 2.45) is 0 Å². The van der Waals surface area contributed by atoms with Gasteiger partial charge < -0.3 is 0 Å². The molecule has 0 amide bonds. The molecule has 0 aliphatic rings. The van der Waals surface area contributed by atoms with Gasteiger partial charge in [-0.25, -0.2) is 8.42 Å². The SMILES string of the molecule is CC(C(=O)Cl)N(c1cc(Cl)cc(Cl)c1)S(=O)(=O)c1cc(Cl)ccc1Cl. The molecule has 25 heavy (non-hydrogen) atoms. The van der Waals surface area contributed by atoms with Gasteiger partial charge in [0.05, 0.1) is 10.7 Å². The number of anilines is 1. The molecule has 2 aromatic carbocycles. The molecular weight excluding hydrogens is 452 g/mol. The molecular formula is C15H10Cl5NO3S. The van der Waals surface area contributed by atoms with Crippen LogP contribution in [-0.2, 0) is 14.8 Å². The van der Waals surface area contributed by atoms with Gasteiger partial charge in [-0.05, 0) is 54.9 Å². The number of nitrogens with zero attached hydrogens (tertiary/aromatic N) is 1. The number of rotatable bonds is 5. The lowest BCUT2D eigenvalue weighted by molar-refractivity contribution is -0.112. The average molecular weight is 462 g/mol. The number of hydrogen-bond donors (Lipinski definition) is 0. The van der Waals surface area contributed by atoms with E-state index in [1.54, 1.807) is 0 Å². The van der Waals surface area contributed by atoms with Gasteiger partial charge in [-0.1, -0.05) is 46.4 Å². The molecule has 0 fully saturated rings. The Bertz CT molecular complexity index is 913. The van der Waals surface area contributed by atoms with Crippen molar-refractivity contribution in [1.82, 2.24) is 0 Å². The molecule has 2 rings (SSSR count). The molecule has 0 heterocycles. The molecule has 10 heteroatoms. The zero-order valence-electron chi connectivity index (χ0n) is 12.5. The molecule has 0 saturated carbocycles. The maximum Gasteiger partial charge on any atom is 0.266 e. The molecule has 0 saturated heterocycles. The topological polar surface area (TPSA) is 54.5 Å². The Morgan fingerprint density at radius 1 is 0.960 bits per heavy atom. The van der Waals surface area contributed by atoms with Crippen LogP contribution in [0.15, 0.2) is 41.3 Å². The minimum absolute atomic E-state index is 0.0586. The molecule has 0 bridgehead atoms. The Hall–Kier alpha value is -0.690. The highest BCUT2D eigenvalue weighted by molar-refractivity contribution is 7.93. The van der Waals surface area contributed by atoms with Crippen LogP contribution < -0.4 is 4.31 Å². The van der Waals surface area contributed by atoms with Crippen molar-refractivity contribution >= 4 is 79.0 Å². The summed E-state index contributed by atoms with van der Waals surface area (Å²) in [6.07, 6.45) is 0. The van der Waals surface area contributed by atoms with Crippen LogP contribution in [0.4, 0.5) is 5.69 Å². The molecule has 2 aromatic rings. The second-order valence-electron chi connectivity index (χ2n) is 4.98. The van der Waals surface area contributed by atoms with E-state index in [9.17, 15) is 13.2 Å². The fraction of sp³-hybridized carbons (Fsp3) is 0.133. The van der Waals surface area contributed by atoms with Crippen molar-refractivity contribution < 1.29 is 13.2 Å². The Morgan fingerprint density at radius 2 is 1.52 bits per heavy atom. The Morgan fingerprint density at radius 3 is 2.04 bits per heavy atom. The van der Waals surface area contributed by atoms with Gasteiger partial charge >= 0.3 is 0 Å². The van der Waals surface area contributed by atoms with Gasteiger partial charge in [-0.3, -0.25) is 9.10 Å². The van der Waals surface area contributed by atoms with Crippen LogP contribution in [0.25, 0.3) is 0 Å². The summed E-state index contributed by atoms with van der Waals surface area (Å²) >= 11 is 29.4. The van der Waals surface area contributed by atoms with Crippen LogP contribution >= 0.6 is 58.0 Å². The molecule has 0 aliphatic carbocycles. The second-order valence-corrected chi connectivity index (χ2v) is 8.86. The molecule has 134 valence electrons. The van der Waals surface area contributed by atoms with E-state index < -0.39 is 21.3 Å². The van der Waals surface area contributed by atoms with Crippen molar-refractivity contribution in [3.63, 3.8) is 0 Å². The molecule has 4 nitrogen and oxygen atoms in total. The minimum Gasteiger partial charge on any atom is -0.279 e. The van der Waals surface area contributed by atoms with E-state index in [2.05, 4.69) is 0 Å². The summed E-state index contributed by atoms with van der Waals surface area (Å²) in [5, 5.41) is -0.408. The number of hydrogen-bond acceptors (Lipinski definition) is 3. The first kappa shape index (κ1) is 20.6. The Labute approximate surface area is 170 Å². The van der Waals surface area contributed by atoms with Gasteiger partial charge in [0.2, 0.25) is 5.24 Å². The van der Waals surface area contributed by atoms with Gasteiger partial charge in [-0.15, -0.1) is 0 Å². The molecule has 1 unspecified atom stereocenters. The maximum atomic E-state index is 13.2. The highest BCUT2D eigenvalue weighted by Gasteiger charge is 2.34. The minimum atomic E-state index is -4.29. The zero-order chi connectivity index (χ0) is 18.9. The highest BCUT2D eigenvalue weighted by atomic mass is 35.5. The van der Waals surface area contributed by atoms with Crippen molar-refractivity contribution in [2.75, 3.05) is 4.31 Å². The van der Waals surface area contributed by atoms with E-state index in [1.165, 1.54) is 43.3 Å². The molecule has 0 aliphatic heterocycles. The summed E-state index contributed by atoms with van der Waals surface area (Å²) in [5.74, 6) is 0. The van der Waals surface area contributed by atoms with Gasteiger partial charge in [0.25, 0.3) is 10.0 Å². The van der Waals surface area contributed by atoms with E-state index in [0.29, 0.717) is 0 Å². The summed E-state index contributed by atoms with van der Waals surface area (Å²) in [6, 6.07) is 6.85. The van der Waals surface area contributed by atoms with Gasteiger partial charge in [-0.2, -0.15) is 0 Å². The summed E-state index contributed by atoms with van der Waals surface area (Å²) in [7, 11) is -4.29. The van der Waals surface area contributed by atoms with Gasteiger partial charge in [0, 0.05) is 15.1 Å². The average Bonchev–Trinajstić information content (AvgIpc) is 2.48. The third-order valence-corrected chi connectivity index (χ3v) is 6.58. The normalized spacial score (nSPS) is 12.7. The van der Waals surface area contributed by atoms with E-state index in [4.69, 9.17) is 58.0 Å². The zero-order valence-corrected chi connectivity index (χ0v) is 17.1. The largest absolute Gasteiger partial charge is 0.279 e. The molecule has 0 radical (unpaired) electrons. The quantitative estimate of drug-likeness (QED) is 0.541. The predicted octanol–water partition coefficient (Wildman–Crippen LogP) is 5.65. The lowest BCUT2D eigenvalue weighted by Crippen LogP contribution is -2.42. The van der Waals surface area contributed by atoms with Crippen molar-refractivity contribution in [3.05, 3.63) is 56.5 Å². The summed E-state index contributed by atoms with van der Waals surface area (Å²) in [5.41, 5.74) is 0.0649. The summed E-state index contributed by atoms with van der Waals surface area (Å²) in [6.45, 7) is 1.33. The summed E-state index contributed by atoms with van der Waals surface area (Å²) < 4.78 is 27.1. The molecule has 0 aromatic heterocycles. The first-order valence-corrected chi connectivity index (χ1v) is 10.0. The van der Waals surface area contributed by atoms with E-state index >= 15 is 0 Å². The third kappa shape index (κ3) is 4.54.